The minimum atomic E-state index is -1.07. The molecule has 0 aromatic carbocycles. The third-order valence-electron chi connectivity index (χ3n) is 4.61. The summed E-state index contributed by atoms with van der Waals surface area (Å²) >= 11 is 0. The summed E-state index contributed by atoms with van der Waals surface area (Å²) in [4.78, 5) is 49.8. The Labute approximate surface area is 162 Å². The van der Waals surface area contributed by atoms with Gasteiger partial charge in [0.2, 0.25) is 11.7 Å². The summed E-state index contributed by atoms with van der Waals surface area (Å²) < 4.78 is 0. The standard InChI is InChI=1S/C19H22N6O3/c1-12-23-11-15(25(12)16-4-2-3-8-22-16)19(28)24-14(17(26)18(20)27)6-5-13-7-9-21-10-13/h2-4,7-10,14-15,21H,5-6,11H2,1H3,(H2,20,27)(H,24,28). The van der Waals surface area contributed by atoms with Crippen molar-refractivity contribution in [3.8, 4) is 0 Å². The van der Waals surface area contributed by atoms with E-state index < -0.39 is 29.7 Å². The lowest BCUT2D eigenvalue weighted by atomic mass is 10.0. The van der Waals surface area contributed by atoms with E-state index >= 15 is 0 Å². The molecular formula is C19H22N6O3. The smallest absolute Gasteiger partial charge is 0.287 e. The molecule has 3 heterocycles. The Hall–Kier alpha value is -3.49. The maximum absolute atomic E-state index is 12.9. The SMILES string of the molecule is CC1=NCC(C(=O)NC(CCc2cc[nH]c2)C(=O)C(N)=O)N1c1ccccn1. The van der Waals surface area contributed by atoms with Gasteiger partial charge < -0.3 is 20.9 Å². The Kier molecular flexibility index (Phi) is 5.83. The first-order valence-electron chi connectivity index (χ1n) is 8.94. The molecule has 0 saturated heterocycles. The zero-order valence-corrected chi connectivity index (χ0v) is 15.5. The first-order chi connectivity index (χ1) is 13.5. The topological polar surface area (TPSA) is 134 Å². The van der Waals surface area contributed by atoms with E-state index in [1.54, 1.807) is 42.5 Å². The molecule has 0 aliphatic carbocycles. The molecule has 0 spiro atoms. The van der Waals surface area contributed by atoms with Gasteiger partial charge in [0.25, 0.3) is 5.91 Å². The van der Waals surface area contributed by atoms with Crippen molar-refractivity contribution in [2.45, 2.75) is 31.8 Å². The molecule has 2 atom stereocenters. The molecule has 9 nitrogen and oxygen atoms in total. The van der Waals surface area contributed by atoms with Crippen molar-refractivity contribution >= 4 is 29.3 Å². The van der Waals surface area contributed by atoms with Gasteiger partial charge in [0.15, 0.2) is 0 Å². The van der Waals surface area contributed by atoms with Crippen molar-refractivity contribution in [1.82, 2.24) is 15.3 Å². The monoisotopic (exact) mass is 382 g/mol. The number of nitrogens with zero attached hydrogens (tertiary/aromatic N) is 3. The lowest BCUT2D eigenvalue weighted by molar-refractivity contribution is -0.138. The number of hydrogen-bond acceptors (Lipinski definition) is 6. The number of rotatable bonds is 8. The number of anilines is 1. The van der Waals surface area contributed by atoms with Crippen LogP contribution in [0.15, 0.2) is 47.8 Å². The second-order valence-electron chi connectivity index (χ2n) is 6.51. The van der Waals surface area contributed by atoms with Gasteiger partial charge in [-0.15, -0.1) is 0 Å². The minimum Gasteiger partial charge on any atom is -0.367 e. The number of amidine groups is 1. The minimum absolute atomic E-state index is 0.240. The van der Waals surface area contributed by atoms with E-state index in [2.05, 4.69) is 20.3 Å². The fourth-order valence-electron chi connectivity index (χ4n) is 3.16. The van der Waals surface area contributed by atoms with Crippen molar-refractivity contribution < 1.29 is 14.4 Å². The number of primary amides is 1. The summed E-state index contributed by atoms with van der Waals surface area (Å²) in [5.41, 5.74) is 6.13. The van der Waals surface area contributed by atoms with Crippen molar-refractivity contribution in [3.05, 3.63) is 48.4 Å². The number of nitrogens with one attached hydrogen (secondary N) is 2. The van der Waals surface area contributed by atoms with E-state index in [0.717, 1.165) is 5.56 Å². The lowest BCUT2D eigenvalue weighted by Crippen LogP contribution is -2.54. The summed E-state index contributed by atoms with van der Waals surface area (Å²) in [6.45, 7) is 2.03. The second kappa shape index (κ2) is 8.47. The number of Topliss-reactive ketones (excluding diaryl/α,β-unsaturated/α-hetero) is 1. The number of pyridine rings is 1. The summed E-state index contributed by atoms with van der Waals surface area (Å²) in [5, 5.41) is 2.68. The van der Waals surface area contributed by atoms with Gasteiger partial charge in [0.05, 0.1) is 12.6 Å². The maximum Gasteiger partial charge on any atom is 0.287 e. The molecule has 9 heteroatoms. The molecule has 0 radical (unpaired) electrons. The average molecular weight is 382 g/mol. The molecule has 146 valence electrons. The Morgan fingerprint density at radius 2 is 2.18 bits per heavy atom. The van der Waals surface area contributed by atoms with Crippen molar-refractivity contribution in [2.24, 2.45) is 10.7 Å². The van der Waals surface area contributed by atoms with E-state index in [1.165, 1.54) is 0 Å². The number of aryl methyl sites for hydroxylation is 1. The Bertz CT molecular complexity index is 878. The van der Waals surface area contributed by atoms with Crippen LogP contribution in [0.25, 0.3) is 0 Å². The van der Waals surface area contributed by atoms with Gasteiger partial charge in [-0.05, 0) is 43.5 Å². The quantitative estimate of drug-likeness (QED) is 0.560. The van der Waals surface area contributed by atoms with Gasteiger partial charge in [0.1, 0.15) is 17.7 Å². The summed E-state index contributed by atoms with van der Waals surface area (Å²) in [5.74, 6) is -1.04. The van der Waals surface area contributed by atoms with E-state index in [4.69, 9.17) is 5.73 Å². The predicted molar refractivity (Wildman–Crippen MR) is 104 cm³/mol. The number of H-pyrrole nitrogens is 1. The number of ketones is 1. The highest BCUT2D eigenvalue weighted by Gasteiger charge is 2.35. The highest BCUT2D eigenvalue weighted by molar-refractivity contribution is 6.37. The molecule has 2 unspecified atom stereocenters. The number of carbonyl (C=O) groups is 3. The van der Waals surface area contributed by atoms with Crippen molar-refractivity contribution in [1.29, 1.82) is 0 Å². The molecule has 28 heavy (non-hydrogen) atoms. The molecule has 2 aromatic heterocycles. The Morgan fingerprint density at radius 3 is 2.82 bits per heavy atom. The summed E-state index contributed by atoms with van der Waals surface area (Å²) in [6, 6.07) is 5.60. The maximum atomic E-state index is 12.9. The van der Waals surface area contributed by atoms with Gasteiger partial charge in [-0.25, -0.2) is 4.98 Å². The molecule has 0 saturated carbocycles. The second-order valence-corrected chi connectivity index (χ2v) is 6.51. The van der Waals surface area contributed by atoms with Crippen LogP contribution in [0.5, 0.6) is 0 Å². The number of aliphatic imine (C=N–C) groups is 1. The van der Waals surface area contributed by atoms with Crippen LogP contribution in [0.1, 0.15) is 18.9 Å². The van der Waals surface area contributed by atoms with Crippen LogP contribution in [0.2, 0.25) is 0 Å². The van der Waals surface area contributed by atoms with Gasteiger partial charge in [-0.1, -0.05) is 6.07 Å². The molecule has 0 bridgehead atoms. The van der Waals surface area contributed by atoms with E-state index in [9.17, 15) is 14.4 Å². The number of amides is 2. The predicted octanol–water partition coefficient (Wildman–Crippen LogP) is 0.189. The number of aromatic amines is 1. The van der Waals surface area contributed by atoms with Crippen LogP contribution >= 0.6 is 0 Å². The fourth-order valence-corrected chi connectivity index (χ4v) is 3.16. The first kappa shape index (κ1) is 19.3. The highest BCUT2D eigenvalue weighted by Crippen LogP contribution is 2.20. The zero-order valence-electron chi connectivity index (χ0n) is 15.5. The largest absolute Gasteiger partial charge is 0.367 e. The lowest BCUT2D eigenvalue weighted by Gasteiger charge is -2.26. The Balaban J connectivity index is 1.73. The normalized spacial score (nSPS) is 17.1. The number of hydrogen-bond donors (Lipinski definition) is 3. The number of carbonyl (C=O) groups excluding carboxylic acids is 3. The van der Waals surface area contributed by atoms with Crippen molar-refractivity contribution in [3.63, 3.8) is 0 Å². The van der Waals surface area contributed by atoms with Crippen LogP contribution in [0.3, 0.4) is 0 Å². The van der Waals surface area contributed by atoms with Gasteiger partial charge in [-0.2, -0.15) is 0 Å². The molecule has 3 rings (SSSR count). The fraction of sp³-hybridized carbons (Fsp3) is 0.316. The summed E-state index contributed by atoms with van der Waals surface area (Å²) in [7, 11) is 0. The zero-order chi connectivity index (χ0) is 20.1. The molecule has 4 N–H and O–H groups in total. The molecule has 2 aromatic rings. The number of aromatic nitrogens is 2. The third-order valence-corrected chi connectivity index (χ3v) is 4.61. The molecule has 0 fully saturated rings. The van der Waals surface area contributed by atoms with Gasteiger partial charge in [-0.3, -0.25) is 19.4 Å². The number of nitrogens with two attached hydrogens (primary N) is 1. The van der Waals surface area contributed by atoms with Crippen LogP contribution in [-0.2, 0) is 20.8 Å². The van der Waals surface area contributed by atoms with Gasteiger partial charge >= 0.3 is 0 Å². The molecular weight excluding hydrogens is 360 g/mol. The molecule has 2 amide bonds. The van der Waals surface area contributed by atoms with Crippen LogP contribution < -0.4 is 16.0 Å². The third kappa shape index (κ3) is 4.25. The average Bonchev–Trinajstić information content (AvgIpc) is 3.34. The molecule has 1 aliphatic rings. The first-order valence-corrected chi connectivity index (χ1v) is 8.94. The van der Waals surface area contributed by atoms with E-state index in [-0.39, 0.29) is 13.0 Å². The van der Waals surface area contributed by atoms with Crippen LogP contribution in [0.4, 0.5) is 5.82 Å². The Morgan fingerprint density at radius 1 is 1.36 bits per heavy atom. The van der Waals surface area contributed by atoms with Crippen LogP contribution in [-0.4, -0.2) is 52.0 Å². The van der Waals surface area contributed by atoms with Crippen LogP contribution in [0, 0.1) is 0 Å². The van der Waals surface area contributed by atoms with Crippen molar-refractivity contribution in [2.75, 3.05) is 11.4 Å². The van der Waals surface area contributed by atoms with Gasteiger partial charge in [0, 0.05) is 18.6 Å². The summed E-state index contributed by atoms with van der Waals surface area (Å²) in [6.07, 6.45) is 5.97. The molecule has 1 aliphatic heterocycles. The highest BCUT2D eigenvalue weighted by atomic mass is 16.2. The van der Waals surface area contributed by atoms with E-state index in [0.29, 0.717) is 18.1 Å². The van der Waals surface area contributed by atoms with E-state index in [1.807, 2.05) is 12.1 Å².